The van der Waals surface area contributed by atoms with Crippen LogP contribution in [-0.4, -0.2) is 54.1 Å². The fourth-order valence-corrected chi connectivity index (χ4v) is 3.36. The smallest absolute Gasteiger partial charge is 0.257 e. The summed E-state index contributed by atoms with van der Waals surface area (Å²) in [5.41, 5.74) is 0. The first-order valence-corrected chi connectivity index (χ1v) is 9.17. The molecule has 6 nitrogen and oxygen atoms in total. The van der Waals surface area contributed by atoms with Crippen LogP contribution < -0.4 is 9.64 Å². The molecule has 0 radical (unpaired) electrons. The summed E-state index contributed by atoms with van der Waals surface area (Å²) in [6, 6.07) is 3.97. The van der Waals surface area contributed by atoms with Crippen molar-refractivity contribution < 1.29 is 9.53 Å². The first-order valence-electron chi connectivity index (χ1n) is 8.29. The standard InChI is InChI=1S/C18H22N4O2S/c1-21(2)17-18(20-10-9-19-17)24-14-5-3-11-22(13-14)16(23)8-7-15-6-4-12-25-15/h4,6-10,12,14H,3,5,11,13H2,1-2H3/b8-7+. The first-order chi connectivity index (χ1) is 12.1. The Morgan fingerprint density at radius 2 is 2.24 bits per heavy atom. The summed E-state index contributed by atoms with van der Waals surface area (Å²) in [5, 5.41) is 2.00. The molecule has 1 atom stereocenters. The maximum atomic E-state index is 12.4. The van der Waals surface area contributed by atoms with Crippen molar-refractivity contribution in [2.24, 2.45) is 0 Å². The van der Waals surface area contributed by atoms with Gasteiger partial charge in [-0.05, 0) is 30.4 Å². The molecule has 25 heavy (non-hydrogen) atoms. The summed E-state index contributed by atoms with van der Waals surface area (Å²) >= 11 is 1.62. The highest BCUT2D eigenvalue weighted by Crippen LogP contribution is 2.24. The summed E-state index contributed by atoms with van der Waals surface area (Å²) in [5.74, 6) is 1.23. The van der Waals surface area contributed by atoms with Crippen molar-refractivity contribution in [3.8, 4) is 5.88 Å². The number of hydrogen-bond donors (Lipinski definition) is 0. The maximum Gasteiger partial charge on any atom is 0.257 e. The second kappa shape index (κ2) is 8.11. The number of hydrogen-bond acceptors (Lipinski definition) is 6. The molecule has 1 aliphatic heterocycles. The van der Waals surface area contributed by atoms with Gasteiger partial charge in [-0.25, -0.2) is 9.97 Å². The Bertz CT molecular complexity index is 730. The van der Waals surface area contributed by atoms with Crippen LogP contribution in [0.25, 0.3) is 6.08 Å². The maximum absolute atomic E-state index is 12.4. The van der Waals surface area contributed by atoms with E-state index in [1.165, 1.54) is 0 Å². The van der Waals surface area contributed by atoms with Gasteiger partial charge in [0.2, 0.25) is 5.91 Å². The highest BCUT2D eigenvalue weighted by atomic mass is 32.1. The minimum absolute atomic E-state index is 0.0219. The van der Waals surface area contributed by atoms with E-state index in [1.807, 2.05) is 47.5 Å². The topological polar surface area (TPSA) is 58.6 Å². The van der Waals surface area contributed by atoms with Crippen LogP contribution in [0.1, 0.15) is 17.7 Å². The summed E-state index contributed by atoms with van der Waals surface area (Å²) in [6.45, 7) is 1.32. The Hall–Kier alpha value is -2.41. The lowest BCUT2D eigenvalue weighted by atomic mass is 10.1. The highest BCUT2D eigenvalue weighted by Gasteiger charge is 2.25. The number of aromatic nitrogens is 2. The van der Waals surface area contributed by atoms with Gasteiger partial charge in [0.05, 0.1) is 6.54 Å². The summed E-state index contributed by atoms with van der Waals surface area (Å²) in [4.78, 5) is 25.8. The number of thiophene rings is 1. The minimum atomic E-state index is -0.0664. The molecule has 132 valence electrons. The quantitative estimate of drug-likeness (QED) is 0.769. The molecule has 0 bridgehead atoms. The lowest BCUT2D eigenvalue weighted by Gasteiger charge is -2.32. The normalized spacial score (nSPS) is 17.7. The van der Waals surface area contributed by atoms with Crippen LogP contribution >= 0.6 is 11.3 Å². The molecular weight excluding hydrogens is 336 g/mol. The van der Waals surface area contributed by atoms with Crippen LogP contribution in [-0.2, 0) is 4.79 Å². The van der Waals surface area contributed by atoms with E-state index in [-0.39, 0.29) is 12.0 Å². The van der Waals surface area contributed by atoms with Crippen LogP contribution in [0.2, 0.25) is 0 Å². The molecule has 1 fully saturated rings. The zero-order valence-corrected chi connectivity index (χ0v) is 15.3. The predicted octanol–water partition coefficient (Wildman–Crippen LogP) is 2.69. The van der Waals surface area contributed by atoms with Crippen molar-refractivity contribution in [1.82, 2.24) is 14.9 Å². The van der Waals surface area contributed by atoms with Crippen molar-refractivity contribution in [2.45, 2.75) is 18.9 Å². The van der Waals surface area contributed by atoms with Crippen molar-refractivity contribution >= 4 is 29.1 Å². The Morgan fingerprint density at radius 3 is 3.00 bits per heavy atom. The van der Waals surface area contributed by atoms with E-state index in [9.17, 15) is 4.79 Å². The Labute approximate surface area is 151 Å². The summed E-state index contributed by atoms with van der Waals surface area (Å²) < 4.78 is 6.05. The van der Waals surface area contributed by atoms with Gasteiger partial charge in [0.15, 0.2) is 5.82 Å². The zero-order valence-electron chi connectivity index (χ0n) is 14.5. The molecule has 1 unspecified atom stereocenters. The van der Waals surface area contributed by atoms with Gasteiger partial charge < -0.3 is 14.5 Å². The van der Waals surface area contributed by atoms with E-state index < -0.39 is 0 Å². The molecule has 0 N–H and O–H groups in total. The number of nitrogens with zero attached hydrogens (tertiary/aromatic N) is 4. The fourth-order valence-electron chi connectivity index (χ4n) is 2.75. The Morgan fingerprint density at radius 1 is 1.40 bits per heavy atom. The van der Waals surface area contributed by atoms with Crippen LogP contribution in [0.3, 0.4) is 0 Å². The van der Waals surface area contributed by atoms with Crippen molar-refractivity contribution in [2.75, 3.05) is 32.1 Å². The van der Waals surface area contributed by atoms with E-state index in [0.29, 0.717) is 18.2 Å². The van der Waals surface area contributed by atoms with E-state index in [2.05, 4.69) is 9.97 Å². The van der Waals surface area contributed by atoms with Crippen LogP contribution in [0.5, 0.6) is 5.88 Å². The highest BCUT2D eigenvalue weighted by molar-refractivity contribution is 7.10. The van der Waals surface area contributed by atoms with Gasteiger partial charge in [-0.2, -0.15) is 0 Å². The molecule has 2 aromatic heterocycles. The predicted molar refractivity (Wildman–Crippen MR) is 99.9 cm³/mol. The van der Waals surface area contributed by atoms with Gasteiger partial charge in [-0.15, -0.1) is 11.3 Å². The van der Waals surface area contributed by atoms with Gasteiger partial charge in [-0.1, -0.05) is 6.07 Å². The Balaban J connectivity index is 1.62. The molecule has 1 saturated heterocycles. The molecule has 1 amide bonds. The van der Waals surface area contributed by atoms with Crippen molar-refractivity contribution in [1.29, 1.82) is 0 Å². The van der Waals surface area contributed by atoms with Crippen LogP contribution in [0.15, 0.2) is 36.0 Å². The van der Waals surface area contributed by atoms with Crippen molar-refractivity contribution in [3.63, 3.8) is 0 Å². The largest absolute Gasteiger partial charge is 0.470 e. The lowest BCUT2D eigenvalue weighted by molar-refractivity contribution is -0.128. The van der Waals surface area contributed by atoms with Gasteiger partial charge >= 0.3 is 0 Å². The molecule has 0 aromatic carbocycles. The molecule has 0 saturated carbocycles. The van der Waals surface area contributed by atoms with Gasteiger partial charge in [0.1, 0.15) is 6.10 Å². The van der Waals surface area contributed by atoms with Gasteiger partial charge in [-0.3, -0.25) is 4.79 Å². The van der Waals surface area contributed by atoms with Gasteiger partial charge in [0, 0.05) is 44.0 Å². The fraction of sp³-hybridized carbons (Fsp3) is 0.389. The number of rotatable bonds is 5. The number of anilines is 1. The molecule has 3 rings (SSSR count). The second-order valence-electron chi connectivity index (χ2n) is 6.09. The van der Waals surface area contributed by atoms with E-state index in [4.69, 9.17) is 4.74 Å². The molecule has 7 heteroatoms. The molecule has 0 aliphatic carbocycles. The van der Waals surface area contributed by atoms with E-state index >= 15 is 0 Å². The van der Waals surface area contributed by atoms with Crippen molar-refractivity contribution in [3.05, 3.63) is 40.9 Å². The molecule has 1 aliphatic rings. The second-order valence-corrected chi connectivity index (χ2v) is 7.07. The minimum Gasteiger partial charge on any atom is -0.470 e. The third-order valence-electron chi connectivity index (χ3n) is 3.97. The van der Waals surface area contributed by atoms with E-state index in [0.717, 1.165) is 24.3 Å². The number of carbonyl (C=O) groups excluding carboxylic acids is 1. The van der Waals surface area contributed by atoms with Gasteiger partial charge in [0.25, 0.3) is 5.88 Å². The molecule has 2 aromatic rings. The summed E-state index contributed by atoms with van der Waals surface area (Å²) in [7, 11) is 3.81. The third kappa shape index (κ3) is 4.57. The van der Waals surface area contributed by atoms with Crippen LogP contribution in [0, 0.1) is 0 Å². The first kappa shape index (κ1) is 17.4. The zero-order chi connectivity index (χ0) is 17.6. The number of ether oxygens (including phenoxy) is 1. The Kier molecular flexibility index (Phi) is 5.65. The van der Waals surface area contributed by atoms with Crippen LogP contribution in [0.4, 0.5) is 5.82 Å². The number of piperidine rings is 1. The third-order valence-corrected chi connectivity index (χ3v) is 4.81. The molecule has 3 heterocycles. The number of amides is 1. The SMILES string of the molecule is CN(C)c1nccnc1OC1CCCN(C(=O)/C=C/c2cccs2)C1. The average Bonchev–Trinajstić information content (AvgIpc) is 3.14. The van der Waals surface area contributed by atoms with E-state index in [1.54, 1.807) is 29.8 Å². The number of carbonyl (C=O) groups is 1. The molecule has 0 spiro atoms. The average molecular weight is 358 g/mol. The molecular formula is C18H22N4O2S. The lowest BCUT2D eigenvalue weighted by Crippen LogP contribution is -2.44. The summed E-state index contributed by atoms with van der Waals surface area (Å²) in [6.07, 6.45) is 8.53. The monoisotopic (exact) mass is 358 g/mol. The number of likely N-dealkylation sites (tertiary alicyclic amines) is 1.